The third-order valence-electron chi connectivity index (χ3n) is 5.41. The minimum Gasteiger partial charge on any atom is -0.464 e. The second-order valence-corrected chi connectivity index (χ2v) is 10.3. The molecule has 2 heterocycles. The van der Waals surface area contributed by atoms with Crippen molar-refractivity contribution in [2.75, 3.05) is 6.61 Å². The first-order valence-corrected chi connectivity index (χ1v) is 12.6. The fraction of sp³-hybridized carbons (Fsp3) is 0.417. The highest BCUT2D eigenvalue weighted by Gasteiger charge is 2.39. The van der Waals surface area contributed by atoms with Crippen molar-refractivity contribution in [3.05, 3.63) is 54.1 Å². The third kappa shape index (κ3) is 5.27. The van der Waals surface area contributed by atoms with Gasteiger partial charge in [0.1, 0.15) is 11.9 Å². The summed E-state index contributed by atoms with van der Waals surface area (Å²) in [6, 6.07) is 6.88. The number of carbonyl (C=O) groups is 2. The fourth-order valence-electron chi connectivity index (χ4n) is 3.88. The van der Waals surface area contributed by atoms with E-state index in [0.717, 1.165) is 29.3 Å². The highest BCUT2D eigenvalue weighted by molar-refractivity contribution is 7.89. The van der Waals surface area contributed by atoms with Crippen LogP contribution in [0.25, 0.3) is 11.0 Å². The number of aryl methyl sites for hydroxylation is 1. The number of hydrogen-bond donors (Lipinski definition) is 0. The van der Waals surface area contributed by atoms with Crippen molar-refractivity contribution in [2.45, 2.75) is 58.5 Å². The van der Waals surface area contributed by atoms with E-state index in [4.69, 9.17) is 4.74 Å². The Morgan fingerprint density at radius 1 is 1.15 bits per heavy atom. The quantitative estimate of drug-likeness (QED) is 0.427. The number of imidazole rings is 1. The maximum absolute atomic E-state index is 13.4. The lowest BCUT2D eigenvalue weighted by molar-refractivity contribution is -0.151. The summed E-state index contributed by atoms with van der Waals surface area (Å²) in [6.07, 6.45) is 3.59. The first-order valence-electron chi connectivity index (χ1n) is 11.1. The van der Waals surface area contributed by atoms with Gasteiger partial charge in [-0.1, -0.05) is 26.0 Å². The van der Waals surface area contributed by atoms with Gasteiger partial charge in [-0.05, 0) is 49.9 Å². The number of nitrogens with zero attached hydrogens (tertiary/aromatic N) is 4. The Hall–Kier alpha value is -3.27. The van der Waals surface area contributed by atoms with Gasteiger partial charge in [-0.25, -0.2) is 22.5 Å². The van der Waals surface area contributed by atoms with Crippen molar-refractivity contribution in [3.63, 3.8) is 0 Å². The van der Waals surface area contributed by atoms with Crippen molar-refractivity contribution >= 4 is 32.9 Å². The molecule has 1 amide bonds. The summed E-state index contributed by atoms with van der Waals surface area (Å²) in [5.41, 5.74) is 2.56. The second kappa shape index (κ2) is 10.3. The van der Waals surface area contributed by atoms with E-state index in [1.54, 1.807) is 31.5 Å². The Bertz CT molecular complexity index is 1280. The summed E-state index contributed by atoms with van der Waals surface area (Å²) in [5, 5.41) is 0. The molecule has 0 aliphatic rings. The zero-order valence-corrected chi connectivity index (χ0v) is 20.9. The van der Waals surface area contributed by atoms with Gasteiger partial charge in [-0.3, -0.25) is 9.78 Å². The molecule has 10 heteroatoms. The number of pyridine rings is 1. The molecule has 0 fully saturated rings. The van der Waals surface area contributed by atoms with Gasteiger partial charge in [0, 0.05) is 19.7 Å². The van der Waals surface area contributed by atoms with E-state index in [-0.39, 0.29) is 23.8 Å². The molecule has 0 N–H and O–H groups in total. The third-order valence-corrected chi connectivity index (χ3v) is 7.31. The molecule has 1 aromatic carbocycles. The Kier molecular flexibility index (Phi) is 7.71. The van der Waals surface area contributed by atoms with Gasteiger partial charge in [-0.15, -0.1) is 0 Å². The largest absolute Gasteiger partial charge is 0.464 e. The van der Waals surface area contributed by atoms with Crippen LogP contribution in [-0.4, -0.2) is 51.8 Å². The monoisotopic (exact) mass is 486 g/mol. The van der Waals surface area contributed by atoms with Gasteiger partial charge in [0.25, 0.3) is 10.0 Å². The number of benzene rings is 1. The fourth-order valence-corrected chi connectivity index (χ4v) is 5.43. The standard InChI is InChI=1S/C24H30N4O5S/c1-6-33-24(30)22(13-16(2)3)28(18(5)29)34(31,32)20-9-7-19(8-10-20)15-27-17(4)26-21-11-12-25-14-23(21)27/h7-12,14,16,22H,6,13,15H2,1-5H3/t22-/m0/s1. The van der Waals surface area contributed by atoms with Crippen molar-refractivity contribution in [2.24, 2.45) is 5.92 Å². The molecule has 182 valence electrons. The van der Waals surface area contributed by atoms with Gasteiger partial charge in [0.2, 0.25) is 5.91 Å². The van der Waals surface area contributed by atoms with E-state index in [9.17, 15) is 18.0 Å². The van der Waals surface area contributed by atoms with E-state index in [0.29, 0.717) is 10.8 Å². The number of hydrogen-bond acceptors (Lipinski definition) is 7. The zero-order chi connectivity index (χ0) is 25.0. The van der Waals surface area contributed by atoms with Gasteiger partial charge >= 0.3 is 5.97 Å². The van der Waals surface area contributed by atoms with E-state index >= 15 is 0 Å². The molecule has 0 aliphatic carbocycles. The van der Waals surface area contributed by atoms with Crippen LogP contribution in [0.5, 0.6) is 0 Å². The molecule has 0 radical (unpaired) electrons. The maximum Gasteiger partial charge on any atom is 0.330 e. The van der Waals surface area contributed by atoms with E-state index in [1.807, 2.05) is 31.4 Å². The highest BCUT2D eigenvalue weighted by atomic mass is 32.2. The van der Waals surface area contributed by atoms with Crippen LogP contribution in [-0.2, 0) is 30.9 Å². The van der Waals surface area contributed by atoms with Gasteiger partial charge in [0.05, 0.1) is 28.7 Å². The lowest BCUT2D eigenvalue weighted by atomic mass is 10.0. The smallest absolute Gasteiger partial charge is 0.330 e. The van der Waals surface area contributed by atoms with E-state index < -0.39 is 27.9 Å². The van der Waals surface area contributed by atoms with Crippen LogP contribution in [0.1, 0.15) is 45.5 Å². The maximum atomic E-state index is 13.4. The van der Waals surface area contributed by atoms with Crippen LogP contribution in [0.15, 0.2) is 47.6 Å². The predicted octanol–water partition coefficient (Wildman–Crippen LogP) is 3.30. The molecule has 0 bridgehead atoms. The Balaban J connectivity index is 1.93. The number of amides is 1. The lowest BCUT2D eigenvalue weighted by Gasteiger charge is -2.29. The number of ether oxygens (including phenoxy) is 1. The molecule has 3 aromatic rings. The highest BCUT2D eigenvalue weighted by Crippen LogP contribution is 2.24. The SMILES string of the molecule is CCOC(=O)[C@H](CC(C)C)N(C(C)=O)S(=O)(=O)c1ccc(Cn2c(C)nc3ccncc32)cc1. The minimum atomic E-state index is -4.28. The molecule has 0 saturated heterocycles. The summed E-state index contributed by atoms with van der Waals surface area (Å²) in [7, 11) is -4.28. The molecule has 0 spiro atoms. The average molecular weight is 487 g/mol. The first kappa shape index (κ1) is 25.4. The molecular weight excluding hydrogens is 456 g/mol. The lowest BCUT2D eigenvalue weighted by Crippen LogP contribution is -2.48. The minimum absolute atomic E-state index is 0.0310. The van der Waals surface area contributed by atoms with Crippen molar-refractivity contribution in [1.29, 1.82) is 0 Å². The van der Waals surface area contributed by atoms with Crippen LogP contribution in [0.4, 0.5) is 0 Å². The van der Waals surface area contributed by atoms with Crippen LogP contribution >= 0.6 is 0 Å². The molecule has 9 nitrogen and oxygen atoms in total. The predicted molar refractivity (Wildman–Crippen MR) is 127 cm³/mol. The number of carbonyl (C=O) groups excluding carboxylic acids is 2. The number of fused-ring (bicyclic) bond motifs is 1. The zero-order valence-electron chi connectivity index (χ0n) is 20.1. The first-order chi connectivity index (χ1) is 16.1. The Morgan fingerprint density at radius 3 is 2.41 bits per heavy atom. The Labute approximate surface area is 199 Å². The summed E-state index contributed by atoms with van der Waals surface area (Å²) in [6.45, 7) is 8.94. The van der Waals surface area contributed by atoms with Crippen LogP contribution in [0, 0.1) is 12.8 Å². The molecule has 3 rings (SSSR count). The summed E-state index contributed by atoms with van der Waals surface area (Å²) >= 11 is 0. The molecule has 2 aromatic heterocycles. The van der Waals surface area contributed by atoms with Crippen LogP contribution < -0.4 is 0 Å². The second-order valence-electron chi connectivity index (χ2n) is 8.47. The molecule has 0 aliphatic heterocycles. The molecule has 34 heavy (non-hydrogen) atoms. The number of esters is 1. The molecule has 0 unspecified atom stereocenters. The van der Waals surface area contributed by atoms with E-state index in [2.05, 4.69) is 9.97 Å². The Morgan fingerprint density at radius 2 is 1.82 bits per heavy atom. The number of rotatable bonds is 9. The van der Waals surface area contributed by atoms with Crippen molar-refractivity contribution < 1.29 is 22.7 Å². The van der Waals surface area contributed by atoms with Crippen molar-refractivity contribution in [1.82, 2.24) is 18.8 Å². The van der Waals surface area contributed by atoms with Gasteiger partial charge in [0.15, 0.2) is 0 Å². The molecule has 0 saturated carbocycles. The van der Waals surface area contributed by atoms with Gasteiger partial charge < -0.3 is 9.30 Å². The van der Waals surface area contributed by atoms with Crippen molar-refractivity contribution in [3.8, 4) is 0 Å². The molecule has 1 atom stereocenters. The van der Waals surface area contributed by atoms with E-state index in [1.165, 1.54) is 12.1 Å². The summed E-state index contributed by atoms with van der Waals surface area (Å²) in [4.78, 5) is 33.6. The van der Waals surface area contributed by atoms with Gasteiger partial charge in [-0.2, -0.15) is 0 Å². The number of aromatic nitrogens is 3. The summed E-state index contributed by atoms with van der Waals surface area (Å²) in [5.74, 6) is -0.691. The summed E-state index contributed by atoms with van der Waals surface area (Å²) < 4.78 is 34.6. The molecular formula is C24H30N4O5S. The van der Waals surface area contributed by atoms with Crippen LogP contribution in [0.2, 0.25) is 0 Å². The van der Waals surface area contributed by atoms with Crippen LogP contribution in [0.3, 0.4) is 0 Å². The topological polar surface area (TPSA) is 111 Å². The normalized spacial score (nSPS) is 12.6. The number of sulfonamides is 1. The average Bonchev–Trinajstić information content (AvgIpc) is 3.08.